The molecule has 6 rings (SSSR count). The predicted octanol–water partition coefficient (Wildman–Crippen LogP) is 3.85. The molecule has 2 heterocycles. The van der Waals surface area contributed by atoms with E-state index in [9.17, 15) is 14.4 Å². The lowest BCUT2D eigenvalue weighted by Gasteiger charge is -2.33. The fourth-order valence-corrected chi connectivity index (χ4v) is 6.53. The Kier molecular flexibility index (Phi) is 4.46. The van der Waals surface area contributed by atoms with Crippen molar-refractivity contribution >= 4 is 34.3 Å². The van der Waals surface area contributed by atoms with Crippen LogP contribution in [0, 0.1) is 36.5 Å². The van der Waals surface area contributed by atoms with Crippen molar-refractivity contribution in [3.63, 3.8) is 0 Å². The Balaban J connectivity index is 1.12. The highest BCUT2D eigenvalue weighted by atomic mass is 16.2. The van der Waals surface area contributed by atoms with Gasteiger partial charge in [0.25, 0.3) is 0 Å². The lowest BCUT2D eigenvalue weighted by atomic mass is 9.84. The molecule has 2 saturated carbocycles. The summed E-state index contributed by atoms with van der Waals surface area (Å²) in [5.41, 5.74) is 2.66. The molecule has 1 N–H and O–H groups in total. The molecule has 6 nitrogen and oxygen atoms in total. The Morgan fingerprint density at radius 1 is 1.00 bits per heavy atom. The van der Waals surface area contributed by atoms with E-state index >= 15 is 0 Å². The molecular formula is C26H27N3O3. The van der Waals surface area contributed by atoms with Gasteiger partial charge in [0.1, 0.15) is 0 Å². The maximum Gasteiger partial charge on any atom is 0.233 e. The average molecular weight is 430 g/mol. The molecule has 0 unspecified atom stereocenters. The Hall–Kier alpha value is -3.02. The van der Waals surface area contributed by atoms with E-state index in [2.05, 4.69) is 22.5 Å². The number of para-hydroxylation sites is 1. The van der Waals surface area contributed by atoms with Gasteiger partial charge < -0.3 is 5.32 Å². The molecule has 6 heteroatoms. The van der Waals surface area contributed by atoms with Crippen LogP contribution < -0.4 is 5.32 Å². The van der Waals surface area contributed by atoms with Gasteiger partial charge in [0, 0.05) is 23.5 Å². The molecular weight excluding hydrogens is 402 g/mol. The number of rotatable bonds is 3. The molecule has 3 amide bonds. The zero-order valence-corrected chi connectivity index (χ0v) is 18.2. The molecule has 4 atom stereocenters. The molecule has 32 heavy (non-hydrogen) atoms. The highest BCUT2D eigenvalue weighted by Crippen LogP contribution is 2.53. The molecule has 1 aromatic carbocycles. The summed E-state index contributed by atoms with van der Waals surface area (Å²) >= 11 is 0. The number of aromatic nitrogens is 1. The van der Waals surface area contributed by atoms with Gasteiger partial charge in [-0.2, -0.15) is 0 Å². The molecule has 1 aliphatic heterocycles. The van der Waals surface area contributed by atoms with Crippen molar-refractivity contribution in [3.05, 3.63) is 48.2 Å². The summed E-state index contributed by atoms with van der Waals surface area (Å²) in [5.74, 6) is 0.150. The molecule has 1 aromatic heterocycles. The Labute approximate surface area is 187 Å². The van der Waals surface area contributed by atoms with E-state index in [0.717, 1.165) is 28.6 Å². The summed E-state index contributed by atoms with van der Waals surface area (Å²) in [7, 11) is 0. The van der Waals surface area contributed by atoms with Crippen LogP contribution in [0.15, 0.2) is 42.6 Å². The number of fused-ring (bicyclic) bond motifs is 6. The van der Waals surface area contributed by atoms with E-state index in [1.807, 2.05) is 31.2 Å². The zero-order valence-electron chi connectivity index (χ0n) is 18.2. The van der Waals surface area contributed by atoms with Crippen LogP contribution in [0.1, 0.15) is 37.7 Å². The Morgan fingerprint density at radius 2 is 1.69 bits per heavy atom. The largest absolute Gasteiger partial charge is 0.324 e. The third kappa shape index (κ3) is 2.85. The summed E-state index contributed by atoms with van der Waals surface area (Å²) in [6.07, 6.45) is 9.75. The number of anilines is 1. The van der Waals surface area contributed by atoms with Crippen LogP contribution in [0.4, 0.5) is 5.69 Å². The van der Waals surface area contributed by atoms with Crippen LogP contribution in [-0.2, 0) is 14.4 Å². The van der Waals surface area contributed by atoms with Crippen molar-refractivity contribution < 1.29 is 14.4 Å². The molecule has 3 fully saturated rings. The Bertz CT molecular complexity index is 1130. The van der Waals surface area contributed by atoms with Crippen LogP contribution in [0.2, 0.25) is 0 Å². The predicted molar refractivity (Wildman–Crippen MR) is 120 cm³/mol. The maximum atomic E-state index is 13.1. The SMILES string of the molecule is Cc1ccnc2c(NC(=O)C3CCC(N4C(=O)[C@@H]5[C@H](C4=O)[C@@H]4C=C[C@H]5C4)CC3)cccc12. The number of hydrogen-bond acceptors (Lipinski definition) is 4. The number of benzene rings is 1. The number of carbonyl (C=O) groups is 3. The van der Waals surface area contributed by atoms with E-state index in [1.165, 1.54) is 0 Å². The van der Waals surface area contributed by atoms with Gasteiger partial charge >= 0.3 is 0 Å². The van der Waals surface area contributed by atoms with Gasteiger partial charge in [0.05, 0.1) is 23.0 Å². The van der Waals surface area contributed by atoms with Gasteiger partial charge in [-0.3, -0.25) is 24.3 Å². The molecule has 0 spiro atoms. The van der Waals surface area contributed by atoms with Gasteiger partial charge in [-0.05, 0) is 68.6 Å². The topological polar surface area (TPSA) is 79.4 Å². The second kappa shape index (κ2) is 7.26. The number of imide groups is 1. The zero-order chi connectivity index (χ0) is 22.0. The monoisotopic (exact) mass is 429 g/mol. The molecule has 164 valence electrons. The number of pyridine rings is 1. The lowest BCUT2D eigenvalue weighted by molar-refractivity contribution is -0.144. The van der Waals surface area contributed by atoms with E-state index in [4.69, 9.17) is 0 Å². The van der Waals surface area contributed by atoms with E-state index in [0.29, 0.717) is 25.7 Å². The number of allylic oxidation sites excluding steroid dienone is 2. The third-order valence-electron chi connectivity index (χ3n) is 8.18. The molecule has 0 radical (unpaired) electrons. The van der Waals surface area contributed by atoms with Gasteiger partial charge in [0.15, 0.2) is 0 Å². The lowest BCUT2D eigenvalue weighted by Crippen LogP contribution is -2.44. The van der Waals surface area contributed by atoms with Crippen molar-refractivity contribution in [2.24, 2.45) is 29.6 Å². The number of likely N-dealkylation sites (tertiary alicyclic amines) is 1. The van der Waals surface area contributed by atoms with Gasteiger partial charge in [-0.1, -0.05) is 24.3 Å². The highest BCUT2D eigenvalue weighted by molar-refractivity contribution is 6.07. The second-order valence-corrected chi connectivity index (χ2v) is 9.87. The van der Waals surface area contributed by atoms with E-state index < -0.39 is 0 Å². The average Bonchev–Trinajstić information content (AvgIpc) is 3.48. The minimum Gasteiger partial charge on any atom is -0.324 e. The quantitative estimate of drug-likeness (QED) is 0.594. The number of amides is 3. The fraction of sp³-hybridized carbons (Fsp3) is 0.462. The summed E-state index contributed by atoms with van der Waals surface area (Å²) in [5, 5.41) is 4.12. The van der Waals surface area contributed by atoms with Crippen molar-refractivity contribution in [2.75, 3.05) is 5.32 Å². The number of nitrogens with one attached hydrogen (secondary N) is 1. The number of hydrogen-bond donors (Lipinski definition) is 1. The van der Waals surface area contributed by atoms with E-state index in [1.54, 1.807) is 11.1 Å². The summed E-state index contributed by atoms with van der Waals surface area (Å²) in [6.45, 7) is 2.04. The minimum atomic E-state index is -0.138. The Morgan fingerprint density at radius 3 is 2.38 bits per heavy atom. The van der Waals surface area contributed by atoms with Crippen LogP contribution in [0.25, 0.3) is 10.9 Å². The van der Waals surface area contributed by atoms with Gasteiger partial charge in [-0.25, -0.2) is 0 Å². The van der Waals surface area contributed by atoms with Crippen molar-refractivity contribution in [2.45, 2.75) is 45.1 Å². The second-order valence-electron chi connectivity index (χ2n) is 9.87. The normalized spacial score (nSPS) is 33.2. The first-order valence-corrected chi connectivity index (χ1v) is 11.7. The molecule has 2 bridgehead atoms. The summed E-state index contributed by atoms with van der Waals surface area (Å²) in [4.78, 5) is 45.2. The number of aryl methyl sites for hydroxylation is 1. The van der Waals surface area contributed by atoms with Crippen LogP contribution in [0.5, 0.6) is 0 Å². The molecule has 4 aliphatic rings. The van der Waals surface area contributed by atoms with E-state index in [-0.39, 0.29) is 53.4 Å². The van der Waals surface area contributed by atoms with Crippen molar-refractivity contribution in [1.29, 1.82) is 0 Å². The van der Waals surface area contributed by atoms with Crippen LogP contribution >= 0.6 is 0 Å². The summed E-state index contributed by atoms with van der Waals surface area (Å²) in [6, 6.07) is 7.74. The minimum absolute atomic E-state index is 0.00237. The number of carbonyl (C=O) groups excluding carboxylic acids is 3. The highest BCUT2D eigenvalue weighted by Gasteiger charge is 2.60. The fourth-order valence-electron chi connectivity index (χ4n) is 6.53. The van der Waals surface area contributed by atoms with Gasteiger partial charge in [0.2, 0.25) is 17.7 Å². The first kappa shape index (κ1) is 19.6. The maximum absolute atomic E-state index is 13.1. The summed E-state index contributed by atoms with van der Waals surface area (Å²) < 4.78 is 0. The molecule has 3 aliphatic carbocycles. The van der Waals surface area contributed by atoms with Gasteiger partial charge in [-0.15, -0.1) is 0 Å². The standard InChI is InChI=1S/C26H27N3O3/c1-14-11-12-27-23-19(14)3-2-4-20(23)28-24(30)15-7-9-18(10-8-15)29-25(31)21-16-5-6-17(13-16)22(21)26(29)32/h2-6,11-12,15-18,21-22H,7-10,13H2,1H3,(H,28,30)/t15?,16-,17+,18?,21-,22+. The first-order chi connectivity index (χ1) is 15.5. The van der Waals surface area contributed by atoms with Crippen LogP contribution in [0.3, 0.4) is 0 Å². The van der Waals surface area contributed by atoms with Crippen molar-refractivity contribution in [1.82, 2.24) is 9.88 Å². The third-order valence-corrected chi connectivity index (χ3v) is 8.18. The van der Waals surface area contributed by atoms with Crippen LogP contribution in [-0.4, -0.2) is 33.6 Å². The smallest absolute Gasteiger partial charge is 0.233 e. The van der Waals surface area contributed by atoms with Crippen molar-refractivity contribution in [3.8, 4) is 0 Å². The molecule has 1 saturated heterocycles. The number of nitrogens with zero attached hydrogens (tertiary/aromatic N) is 2. The molecule has 2 aromatic rings. The first-order valence-electron chi connectivity index (χ1n) is 11.7.